The van der Waals surface area contributed by atoms with Crippen LogP contribution in [0, 0.1) is 11.7 Å². The molecule has 0 aromatic heterocycles. The summed E-state index contributed by atoms with van der Waals surface area (Å²) in [5.74, 6) is 0.488. The van der Waals surface area contributed by atoms with Crippen LogP contribution in [0.25, 0.3) is 0 Å². The van der Waals surface area contributed by atoms with Gasteiger partial charge in [-0.15, -0.1) is 0 Å². The lowest BCUT2D eigenvalue weighted by Crippen LogP contribution is -2.33. The summed E-state index contributed by atoms with van der Waals surface area (Å²) in [6.45, 7) is 7.45. The molecule has 0 aliphatic heterocycles. The van der Waals surface area contributed by atoms with Crippen molar-refractivity contribution in [1.82, 2.24) is 5.32 Å². The molecule has 0 fully saturated rings. The summed E-state index contributed by atoms with van der Waals surface area (Å²) < 4.78 is 19.0. The highest BCUT2D eigenvalue weighted by molar-refractivity contribution is 5.31. The molecule has 0 aliphatic carbocycles. The summed E-state index contributed by atoms with van der Waals surface area (Å²) in [6.07, 6.45) is 1.84. The molecule has 0 aliphatic rings. The van der Waals surface area contributed by atoms with Crippen molar-refractivity contribution in [3.05, 3.63) is 29.6 Å². The summed E-state index contributed by atoms with van der Waals surface area (Å²) in [4.78, 5) is 0. The van der Waals surface area contributed by atoms with Crippen LogP contribution >= 0.6 is 0 Å². The van der Waals surface area contributed by atoms with E-state index >= 15 is 0 Å². The second-order valence-electron chi connectivity index (χ2n) is 4.86. The van der Waals surface area contributed by atoms with Gasteiger partial charge in [-0.25, -0.2) is 4.39 Å². The van der Waals surface area contributed by atoms with Crippen LogP contribution in [-0.4, -0.2) is 19.7 Å². The van der Waals surface area contributed by atoms with Crippen LogP contribution in [0.4, 0.5) is 4.39 Å². The normalized spacial score (nSPS) is 14.3. The number of hydrogen-bond donors (Lipinski definition) is 1. The van der Waals surface area contributed by atoms with Gasteiger partial charge in [0.15, 0.2) is 11.6 Å². The molecule has 1 N–H and O–H groups in total. The molecule has 0 heterocycles. The van der Waals surface area contributed by atoms with Gasteiger partial charge in [0.05, 0.1) is 7.11 Å². The van der Waals surface area contributed by atoms with Gasteiger partial charge < -0.3 is 10.1 Å². The van der Waals surface area contributed by atoms with E-state index in [-0.39, 0.29) is 5.82 Å². The van der Waals surface area contributed by atoms with Crippen molar-refractivity contribution in [3.8, 4) is 5.75 Å². The molecule has 1 aromatic carbocycles. The van der Waals surface area contributed by atoms with Gasteiger partial charge >= 0.3 is 0 Å². The Kier molecular flexibility index (Phi) is 6.13. The van der Waals surface area contributed by atoms with E-state index < -0.39 is 0 Å². The van der Waals surface area contributed by atoms with E-state index in [0.29, 0.717) is 17.7 Å². The monoisotopic (exact) mass is 253 g/mol. The molecule has 18 heavy (non-hydrogen) atoms. The minimum atomic E-state index is -0.227. The van der Waals surface area contributed by atoms with Crippen LogP contribution in [0.2, 0.25) is 0 Å². The largest absolute Gasteiger partial charge is 0.494 e. The van der Waals surface area contributed by atoms with Crippen LogP contribution in [0.5, 0.6) is 5.75 Å². The number of methoxy groups -OCH3 is 1. The molecular weight excluding hydrogens is 229 g/mol. The number of hydrogen-bond acceptors (Lipinski definition) is 2. The zero-order valence-corrected chi connectivity index (χ0v) is 11.8. The predicted molar refractivity (Wildman–Crippen MR) is 73.6 cm³/mol. The molecule has 0 radical (unpaired) electrons. The van der Waals surface area contributed by atoms with Gasteiger partial charge in [0.1, 0.15) is 0 Å². The topological polar surface area (TPSA) is 21.3 Å². The van der Waals surface area contributed by atoms with E-state index in [1.54, 1.807) is 6.07 Å². The van der Waals surface area contributed by atoms with Gasteiger partial charge in [0.2, 0.25) is 0 Å². The summed E-state index contributed by atoms with van der Waals surface area (Å²) in [6, 6.07) is 5.72. The maximum atomic E-state index is 14.0. The highest BCUT2D eigenvalue weighted by Crippen LogP contribution is 2.23. The summed E-state index contributed by atoms with van der Waals surface area (Å²) in [5, 5.41) is 3.45. The van der Waals surface area contributed by atoms with Gasteiger partial charge in [-0.2, -0.15) is 0 Å². The molecule has 0 saturated carbocycles. The van der Waals surface area contributed by atoms with Gasteiger partial charge in [-0.05, 0) is 43.9 Å². The molecule has 0 amide bonds. The molecule has 2 nitrogen and oxygen atoms in total. The lowest BCUT2D eigenvalue weighted by molar-refractivity contribution is 0.372. The third-order valence-electron chi connectivity index (χ3n) is 3.37. The zero-order valence-electron chi connectivity index (χ0n) is 11.8. The van der Waals surface area contributed by atoms with Crippen molar-refractivity contribution >= 4 is 0 Å². The average molecular weight is 253 g/mol. The minimum absolute atomic E-state index is 0.227. The van der Waals surface area contributed by atoms with E-state index in [9.17, 15) is 4.39 Å². The van der Waals surface area contributed by atoms with Gasteiger partial charge in [-0.3, -0.25) is 0 Å². The van der Waals surface area contributed by atoms with Crippen molar-refractivity contribution < 1.29 is 9.13 Å². The van der Waals surface area contributed by atoms with Crippen molar-refractivity contribution in [2.75, 3.05) is 13.7 Å². The minimum Gasteiger partial charge on any atom is -0.494 e. The molecule has 102 valence electrons. The number of halogens is 1. The Bertz CT molecular complexity index is 368. The Morgan fingerprint density at radius 2 is 2.06 bits per heavy atom. The summed E-state index contributed by atoms with van der Waals surface area (Å²) >= 11 is 0. The highest BCUT2D eigenvalue weighted by atomic mass is 19.1. The molecule has 3 heteroatoms. The quantitative estimate of drug-likeness (QED) is 0.804. The number of ether oxygens (including phenoxy) is 1. The van der Waals surface area contributed by atoms with E-state index in [2.05, 4.69) is 26.1 Å². The maximum absolute atomic E-state index is 14.0. The summed E-state index contributed by atoms with van der Waals surface area (Å²) in [7, 11) is 1.50. The Balaban J connectivity index is 2.66. The second kappa shape index (κ2) is 7.37. The molecule has 1 aromatic rings. The third-order valence-corrected chi connectivity index (χ3v) is 3.37. The van der Waals surface area contributed by atoms with Gasteiger partial charge in [0.25, 0.3) is 0 Å². The lowest BCUT2D eigenvalue weighted by Gasteiger charge is -2.21. The molecule has 0 saturated heterocycles. The Morgan fingerprint density at radius 1 is 1.33 bits per heavy atom. The number of rotatable bonds is 7. The van der Waals surface area contributed by atoms with Gasteiger partial charge in [0, 0.05) is 6.04 Å². The fourth-order valence-electron chi connectivity index (χ4n) is 1.97. The van der Waals surface area contributed by atoms with Crippen molar-refractivity contribution in [3.63, 3.8) is 0 Å². The molecule has 0 spiro atoms. The van der Waals surface area contributed by atoms with Crippen LogP contribution in [0.3, 0.4) is 0 Å². The first-order valence-corrected chi connectivity index (χ1v) is 6.64. The SMILES string of the molecule is CCCNC(C)C(C)Cc1cccc(OC)c1F. The van der Waals surface area contributed by atoms with Crippen molar-refractivity contribution in [1.29, 1.82) is 0 Å². The maximum Gasteiger partial charge on any atom is 0.168 e. The Hall–Kier alpha value is -1.09. The molecule has 1 rings (SSSR count). The smallest absolute Gasteiger partial charge is 0.168 e. The molecule has 2 unspecified atom stereocenters. The van der Waals surface area contributed by atoms with E-state index in [0.717, 1.165) is 24.9 Å². The average Bonchev–Trinajstić information content (AvgIpc) is 2.38. The molecule has 0 bridgehead atoms. The van der Waals surface area contributed by atoms with Crippen molar-refractivity contribution in [2.24, 2.45) is 5.92 Å². The first kappa shape index (κ1) is 15.0. The Morgan fingerprint density at radius 3 is 2.67 bits per heavy atom. The highest BCUT2D eigenvalue weighted by Gasteiger charge is 2.15. The Labute approximate surface area is 110 Å². The standard InChI is InChI=1S/C15H24FNO/c1-5-9-17-12(3)11(2)10-13-7-6-8-14(18-4)15(13)16/h6-8,11-12,17H,5,9-10H2,1-4H3. The fraction of sp³-hybridized carbons (Fsp3) is 0.600. The van der Waals surface area contributed by atoms with E-state index in [1.807, 2.05) is 12.1 Å². The number of benzene rings is 1. The lowest BCUT2D eigenvalue weighted by atomic mass is 9.94. The number of nitrogens with one attached hydrogen (secondary N) is 1. The third kappa shape index (κ3) is 3.98. The van der Waals surface area contributed by atoms with Crippen LogP contribution in [0.15, 0.2) is 18.2 Å². The van der Waals surface area contributed by atoms with Crippen LogP contribution in [0.1, 0.15) is 32.8 Å². The fourth-order valence-corrected chi connectivity index (χ4v) is 1.97. The van der Waals surface area contributed by atoms with E-state index in [4.69, 9.17) is 4.74 Å². The first-order valence-electron chi connectivity index (χ1n) is 6.64. The van der Waals surface area contributed by atoms with E-state index in [1.165, 1.54) is 7.11 Å². The second-order valence-corrected chi connectivity index (χ2v) is 4.86. The van der Waals surface area contributed by atoms with Crippen molar-refractivity contribution in [2.45, 2.75) is 39.7 Å². The predicted octanol–water partition coefficient (Wildman–Crippen LogP) is 3.40. The molecular formula is C15H24FNO. The summed E-state index contributed by atoms with van der Waals surface area (Å²) in [5.41, 5.74) is 0.729. The van der Waals surface area contributed by atoms with Crippen LogP contribution in [-0.2, 0) is 6.42 Å². The van der Waals surface area contributed by atoms with Gasteiger partial charge in [-0.1, -0.05) is 26.0 Å². The molecule has 2 atom stereocenters. The first-order chi connectivity index (χ1) is 8.60. The van der Waals surface area contributed by atoms with Crippen LogP contribution < -0.4 is 10.1 Å². The zero-order chi connectivity index (χ0) is 13.5.